The van der Waals surface area contributed by atoms with Crippen molar-refractivity contribution >= 4 is 17.6 Å². The lowest BCUT2D eigenvalue weighted by molar-refractivity contribution is -0.118. The second-order valence-electron chi connectivity index (χ2n) is 5.73. The van der Waals surface area contributed by atoms with Crippen LogP contribution in [-0.4, -0.2) is 23.5 Å². The molecule has 0 unspecified atom stereocenters. The van der Waals surface area contributed by atoms with Crippen LogP contribution in [0.5, 0.6) is 0 Å². The van der Waals surface area contributed by atoms with Crippen LogP contribution in [-0.2, 0) is 11.2 Å². The first kappa shape index (κ1) is 14.6. The molecule has 0 bridgehead atoms. The van der Waals surface area contributed by atoms with E-state index >= 15 is 0 Å². The van der Waals surface area contributed by atoms with Gasteiger partial charge in [-0.25, -0.2) is 4.79 Å². The van der Waals surface area contributed by atoms with Crippen LogP contribution in [0.1, 0.15) is 49.0 Å². The zero-order valence-corrected chi connectivity index (χ0v) is 12.1. The van der Waals surface area contributed by atoms with Crippen molar-refractivity contribution in [1.82, 2.24) is 0 Å². The largest absolute Gasteiger partial charge is 0.478 e. The molecule has 0 fully saturated rings. The lowest BCUT2D eigenvalue weighted by Gasteiger charge is -2.30. The van der Waals surface area contributed by atoms with Gasteiger partial charge in [0, 0.05) is 18.7 Å². The summed E-state index contributed by atoms with van der Waals surface area (Å²) < 4.78 is 0. The summed E-state index contributed by atoms with van der Waals surface area (Å²) >= 11 is 0. The predicted molar refractivity (Wildman–Crippen MR) is 78.1 cm³/mol. The fraction of sp³-hybridized carbons (Fsp3) is 0.500. The zero-order valence-electron chi connectivity index (χ0n) is 12.1. The summed E-state index contributed by atoms with van der Waals surface area (Å²) in [5, 5.41) is 9.03. The Morgan fingerprint density at radius 3 is 2.75 bits per heavy atom. The molecule has 0 saturated carbocycles. The van der Waals surface area contributed by atoms with E-state index in [9.17, 15) is 9.59 Å². The van der Waals surface area contributed by atoms with Gasteiger partial charge in [-0.2, -0.15) is 0 Å². The van der Waals surface area contributed by atoms with Crippen molar-refractivity contribution in [2.45, 2.75) is 39.5 Å². The lowest BCUT2D eigenvalue weighted by Crippen LogP contribution is -2.36. The molecule has 1 aliphatic heterocycles. The average molecular weight is 275 g/mol. The molecule has 20 heavy (non-hydrogen) atoms. The van der Waals surface area contributed by atoms with Gasteiger partial charge in [0.1, 0.15) is 0 Å². The summed E-state index contributed by atoms with van der Waals surface area (Å²) in [5.41, 5.74) is 2.14. The molecule has 1 heterocycles. The minimum atomic E-state index is -0.920. The van der Waals surface area contributed by atoms with E-state index in [1.165, 1.54) is 0 Å². The molecule has 0 spiro atoms. The van der Waals surface area contributed by atoms with Crippen molar-refractivity contribution in [3.8, 4) is 0 Å². The highest BCUT2D eigenvalue weighted by molar-refractivity contribution is 5.97. The third-order valence-electron chi connectivity index (χ3n) is 3.69. The molecule has 4 heteroatoms. The highest BCUT2D eigenvalue weighted by Crippen LogP contribution is 2.29. The Labute approximate surface area is 119 Å². The van der Waals surface area contributed by atoms with Crippen LogP contribution < -0.4 is 4.90 Å². The number of carbonyl (C=O) groups is 2. The van der Waals surface area contributed by atoms with E-state index < -0.39 is 5.97 Å². The number of rotatable bonds is 5. The Morgan fingerprint density at radius 2 is 2.10 bits per heavy atom. The number of hydrogen-bond donors (Lipinski definition) is 1. The minimum Gasteiger partial charge on any atom is -0.478 e. The quantitative estimate of drug-likeness (QED) is 0.898. The number of carbonyl (C=O) groups excluding carboxylic acids is 1. The third-order valence-corrected chi connectivity index (χ3v) is 3.69. The van der Waals surface area contributed by atoms with E-state index in [4.69, 9.17) is 5.11 Å². The number of carboxylic acid groups (broad SMARTS) is 1. The van der Waals surface area contributed by atoms with E-state index in [2.05, 4.69) is 13.8 Å². The molecule has 0 atom stereocenters. The van der Waals surface area contributed by atoms with Crippen molar-refractivity contribution in [2.24, 2.45) is 5.92 Å². The fourth-order valence-corrected chi connectivity index (χ4v) is 2.60. The van der Waals surface area contributed by atoms with Gasteiger partial charge in [-0.3, -0.25) is 4.79 Å². The number of aromatic carboxylic acids is 1. The molecule has 1 N–H and O–H groups in total. The molecule has 4 nitrogen and oxygen atoms in total. The van der Waals surface area contributed by atoms with Crippen LogP contribution in [0, 0.1) is 5.92 Å². The maximum atomic E-state index is 12.1. The maximum Gasteiger partial charge on any atom is 0.335 e. The van der Waals surface area contributed by atoms with Gasteiger partial charge >= 0.3 is 5.97 Å². The summed E-state index contributed by atoms with van der Waals surface area (Å²) in [7, 11) is 0. The van der Waals surface area contributed by atoms with Crippen LogP contribution in [0.4, 0.5) is 5.69 Å². The Kier molecular flexibility index (Phi) is 4.42. The SMILES string of the molecule is CC(C)CCCN1C(=O)CCc2cc(C(=O)O)ccc21. The van der Waals surface area contributed by atoms with Gasteiger partial charge in [0.05, 0.1) is 5.56 Å². The van der Waals surface area contributed by atoms with Crippen molar-refractivity contribution in [3.63, 3.8) is 0 Å². The van der Waals surface area contributed by atoms with Crippen LogP contribution in [0.2, 0.25) is 0 Å². The molecule has 2 rings (SSSR count). The molecule has 1 aromatic carbocycles. The number of benzene rings is 1. The van der Waals surface area contributed by atoms with Crippen LogP contribution in [0.15, 0.2) is 18.2 Å². The Hall–Kier alpha value is -1.84. The molecule has 0 aromatic heterocycles. The van der Waals surface area contributed by atoms with Crippen molar-refractivity contribution < 1.29 is 14.7 Å². The number of fused-ring (bicyclic) bond motifs is 1. The van der Waals surface area contributed by atoms with Gasteiger partial charge in [0.25, 0.3) is 0 Å². The molecular formula is C16H21NO3. The smallest absolute Gasteiger partial charge is 0.335 e. The summed E-state index contributed by atoms with van der Waals surface area (Å²) in [6.07, 6.45) is 3.17. The van der Waals surface area contributed by atoms with E-state index in [0.29, 0.717) is 24.3 Å². The van der Waals surface area contributed by atoms with E-state index in [1.54, 1.807) is 18.2 Å². The third kappa shape index (κ3) is 3.18. The van der Waals surface area contributed by atoms with Gasteiger partial charge in [-0.1, -0.05) is 13.8 Å². The number of aryl methyl sites for hydroxylation is 1. The number of amides is 1. The monoisotopic (exact) mass is 275 g/mol. The van der Waals surface area contributed by atoms with Gasteiger partial charge in [-0.05, 0) is 48.9 Å². The van der Waals surface area contributed by atoms with Gasteiger partial charge in [0.15, 0.2) is 0 Å². The van der Waals surface area contributed by atoms with Gasteiger partial charge in [0.2, 0.25) is 5.91 Å². The Bertz CT molecular complexity index is 522. The summed E-state index contributed by atoms with van der Waals surface area (Å²) in [6, 6.07) is 5.04. The number of anilines is 1. The van der Waals surface area contributed by atoms with Crippen LogP contribution >= 0.6 is 0 Å². The molecular weight excluding hydrogens is 254 g/mol. The normalized spacial score (nSPS) is 14.6. The molecule has 0 radical (unpaired) electrons. The van der Waals surface area contributed by atoms with Crippen molar-refractivity contribution in [1.29, 1.82) is 0 Å². The lowest BCUT2D eigenvalue weighted by atomic mass is 9.98. The second-order valence-corrected chi connectivity index (χ2v) is 5.73. The average Bonchev–Trinajstić information content (AvgIpc) is 2.40. The Morgan fingerprint density at radius 1 is 1.35 bits per heavy atom. The van der Waals surface area contributed by atoms with E-state index in [0.717, 1.165) is 30.6 Å². The van der Waals surface area contributed by atoms with Gasteiger partial charge < -0.3 is 10.0 Å². The summed E-state index contributed by atoms with van der Waals surface area (Å²) in [4.78, 5) is 24.9. The number of hydrogen-bond acceptors (Lipinski definition) is 2. The standard InChI is InChI=1S/C16H21NO3/c1-11(2)4-3-9-17-14-7-5-13(16(19)20)10-12(14)6-8-15(17)18/h5,7,10-11H,3-4,6,8-9H2,1-2H3,(H,19,20). The maximum absolute atomic E-state index is 12.1. The predicted octanol–water partition coefficient (Wildman–Crippen LogP) is 3.10. The number of carboxylic acids is 1. The fourth-order valence-electron chi connectivity index (χ4n) is 2.60. The molecule has 0 saturated heterocycles. The Balaban J connectivity index is 2.18. The van der Waals surface area contributed by atoms with Crippen LogP contribution in [0.25, 0.3) is 0 Å². The van der Waals surface area contributed by atoms with E-state index in [-0.39, 0.29) is 5.91 Å². The van der Waals surface area contributed by atoms with Crippen LogP contribution in [0.3, 0.4) is 0 Å². The topological polar surface area (TPSA) is 57.6 Å². The summed E-state index contributed by atoms with van der Waals surface area (Å²) in [5.74, 6) is -0.149. The first-order valence-corrected chi connectivity index (χ1v) is 7.15. The number of nitrogens with zero attached hydrogens (tertiary/aromatic N) is 1. The summed E-state index contributed by atoms with van der Waals surface area (Å²) in [6.45, 7) is 5.06. The molecule has 108 valence electrons. The highest BCUT2D eigenvalue weighted by Gasteiger charge is 2.24. The first-order chi connectivity index (χ1) is 9.49. The van der Waals surface area contributed by atoms with E-state index in [1.807, 2.05) is 4.90 Å². The van der Waals surface area contributed by atoms with Crippen molar-refractivity contribution in [3.05, 3.63) is 29.3 Å². The highest BCUT2D eigenvalue weighted by atomic mass is 16.4. The molecule has 1 aromatic rings. The van der Waals surface area contributed by atoms with Crippen molar-refractivity contribution in [2.75, 3.05) is 11.4 Å². The minimum absolute atomic E-state index is 0.143. The second kappa shape index (κ2) is 6.07. The molecule has 0 aliphatic carbocycles. The first-order valence-electron chi connectivity index (χ1n) is 7.15. The van der Waals surface area contributed by atoms with Gasteiger partial charge in [-0.15, -0.1) is 0 Å². The zero-order chi connectivity index (χ0) is 14.7. The molecule has 1 amide bonds. The molecule has 1 aliphatic rings.